The van der Waals surface area contributed by atoms with Crippen LogP contribution in [0.3, 0.4) is 0 Å². The number of nitrogens with zero attached hydrogens (tertiary/aromatic N) is 2. The Bertz CT molecular complexity index is 1160. The smallest absolute Gasteiger partial charge is 0.242 e. The summed E-state index contributed by atoms with van der Waals surface area (Å²) >= 11 is 12.3. The normalized spacial score (nSPS) is 14.9. The van der Waals surface area contributed by atoms with Gasteiger partial charge in [0.05, 0.1) is 17.0 Å². The lowest BCUT2D eigenvalue weighted by molar-refractivity contribution is -0.141. The van der Waals surface area contributed by atoms with Crippen molar-refractivity contribution in [3.05, 3.63) is 64.1 Å². The summed E-state index contributed by atoms with van der Waals surface area (Å²) in [5.74, 6) is -0.395. The molecule has 7 nitrogen and oxygen atoms in total. The molecule has 1 N–H and O–H groups in total. The molecule has 0 bridgehead atoms. The quantitative estimate of drug-likeness (QED) is 0.423. The lowest BCUT2D eigenvalue weighted by Gasteiger charge is -2.30. The van der Waals surface area contributed by atoms with Gasteiger partial charge >= 0.3 is 0 Å². The number of halogens is 2. The predicted molar refractivity (Wildman–Crippen MR) is 145 cm³/mol. The Balaban J connectivity index is 1.72. The number of rotatable bonds is 11. The van der Waals surface area contributed by atoms with Crippen molar-refractivity contribution in [1.29, 1.82) is 0 Å². The molecule has 0 aliphatic heterocycles. The van der Waals surface area contributed by atoms with Crippen LogP contribution < -0.4 is 9.62 Å². The van der Waals surface area contributed by atoms with Gasteiger partial charge in [-0.2, -0.15) is 0 Å². The lowest BCUT2D eigenvalue weighted by Crippen LogP contribution is -2.49. The fourth-order valence-electron chi connectivity index (χ4n) is 4.41. The van der Waals surface area contributed by atoms with E-state index in [-0.39, 0.29) is 54.5 Å². The first-order valence-corrected chi connectivity index (χ1v) is 14.7. The van der Waals surface area contributed by atoms with Crippen LogP contribution in [0.4, 0.5) is 5.69 Å². The van der Waals surface area contributed by atoms with E-state index in [1.807, 2.05) is 30.3 Å². The van der Waals surface area contributed by atoms with Gasteiger partial charge in [0.2, 0.25) is 21.8 Å². The average molecular weight is 555 g/mol. The van der Waals surface area contributed by atoms with Crippen LogP contribution in [0.2, 0.25) is 10.0 Å². The average Bonchev–Trinajstić information content (AvgIpc) is 3.34. The van der Waals surface area contributed by atoms with Gasteiger partial charge in [-0.1, -0.05) is 66.4 Å². The molecule has 10 heteroatoms. The molecule has 2 aromatic rings. The van der Waals surface area contributed by atoms with Crippen LogP contribution in [0.25, 0.3) is 0 Å². The van der Waals surface area contributed by atoms with Gasteiger partial charge in [0.1, 0.15) is 6.04 Å². The highest BCUT2D eigenvalue weighted by molar-refractivity contribution is 7.92. The van der Waals surface area contributed by atoms with Crippen LogP contribution in [0.5, 0.6) is 0 Å². The van der Waals surface area contributed by atoms with E-state index in [0.717, 1.165) is 41.8 Å². The summed E-state index contributed by atoms with van der Waals surface area (Å²) in [5, 5.41) is 3.69. The van der Waals surface area contributed by atoms with Gasteiger partial charge in [-0.3, -0.25) is 13.9 Å². The summed E-state index contributed by atoms with van der Waals surface area (Å²) in [6.07, 6.45) is 5.51. The fraction of sp³-hybridized carbons (Fsp3) is 0.462. The van der Waals surface area contributed by atoms with Gasteiger partial charge in [-0.25, -0.2) is 8.42 Å². The zero-order chi connectivity index (χ0) is 26.3. The molecule has 0 heterocycles. The van der Waals surface area contributed by atoms with Crippen LogP contribution in [-0.2, 0) is 26.2 Å². The Morgan fingerprint density at radius 1 is 1.08 bits per heavy atom. The van der Waals surface area contributed by atoms with Crippen molar-refractivity contribution in [2.45, 2.75) is 64.1 Å². The van der Waals surface area contributed by atoms with Crippen molar-refractivity contribution in [3.63, 3.8) is 0 Å². The van der Waals surface area contributed by atoms with Gasteiger partial charge in [0.25, 0.3) is 0 Å². The number of sulfonamides is 1. The Kier molecular flexibility index (Phi) is 10.0. The lowest BCUT2D eigenvalue weighted by atomic mass is 10.1. The second-order valence-corrected chi connectivity index (χ2v) is 12.0. The number of benzene rings is 2. The number of hydrogen-bond acceptors (Lipinski definition) is 4. The van der Waals surface area contributed by atoms with Gasteiger partial charge < -0.3 is 10.2 Å². The molecule has 1 aliphatic carbocycles. The van der Waals surface area contributed by atoms with Crippen LogP contribution in [-0.4, -0.2) is 50.0 Å². The molecule has 1 saturated carbocycles. The topological polar surface area (TPSA) is 86.8 Å². The fourth-order valence-corrected chi connectivity index (χ4v) is 5.82. The van der Waals surface area contributed by atoms with Crippen molar-refractivity contribution in [2.75, 3.05) is 17.1 Å². The van der Waals surface area contributed by atoms with E-state index >= 15 is 0 Å². The van der Waals surface area contributed by atoms with Gasteiger partial charge in [0.15, 0.2) is 0 Å². The van der Waals surface area contributed by atoms with Crippen LogP contribution >= 0.6 is 23.2 Å². The zero-order valence-corrected chi connectivity index (χ0v) is 23.0. The number of nitrogens with one attached hydrogen (secondary N) is 1. The van der Waals surface area contributed by atoms with Crippen molar-refractivity contribution in [1.82, 2.24) is 10.2 Å². The molecule has 0 spiro atoms. The maximum absolute atomic E-state index is 13.4. The minimum Gasteiger partial charge on any atom is -0.352 e. The molecule has 0 aromatic heterocycles. The molecule has 0 saturated heterocycles. The van der Waals surface area contributed by atoms with E-state index in [1.54, 1.807) is 17.9 Å². The summed E-state index contributed by atoms with van der Waals surface area (Å²) in [6.45, 7) is 2.07. The van der Waals surface area contributed by atoms with Crippen molar-refractivity contribution < 1.29 is 18.0 Å². The van der Waals surface area contributed by atoms with E-state index < -0.39 is 16.1 Å². The van der Waals surface area contributed by atoms with Crippen molar-refractivity contribution in [2.24, 2.45) is 0 Å². The van der Waals surface area contributed by atoms with E-state index in [4.69, 9.17) is 23.2 Å². The maximum atomic E-state index is 13.4. The third-order valence-electron chi connectivity index (χ3n) is 6.39. The molecular formula is C26H33Cl2N3O4S. The Morgan fingerprint density at radius 3 is 2.39 bits per heavy atom. The first-order valence-electron chi connectivity index (χ1n) is 12.1. The molecule has 2 aromatic carbocycles. The predicted octanol–water partition coefficient (Wildman–Crippen LogP) is 5.02. The Labute approximate surface area is 223 Å². The molecule has 1 unspecified atom stereocenters. The first kappa shape index (κ1) is 28.3. The van der Waals surface area contributed by atoms with E-state index in [9.17, 15) is 18.0 Å². The Hall–Kier alpha value is -2.29. The molecule has 1 atom stereocenters. The maximum Gasteiger partial charge on any atom is 0.242 e. The minimum atomic E-state index is -3.67. The van der Waals surface area contributed by atoms with E-state index in [2.05, 4.69) is 5.32 Å². The summed E-state index contributed by atoms with van der Waals surface area (Å²) in [6, 6.07) is 13.6. The standard InChI is InChI=1S/C26H33Cl2N3O4S/c1-19(26(33)29-22-11-6-7-12-22)30(18-20-9-4-3-5-10-20)25(32)13-8-16-31(36(2,34)35)24-17-21(27)14-15-23(24)28/h3-5,9-10,14-15,17,19,22H,6-8,11-13,16,18H2,1-2H3,(H,29,33). The third-order valence-corrected chi connectivity index (χ3v) is 8.13. The summed E-state index contributed by atoms with van der Waals surface area (Å²) < 4.78 is 26.1. The highest BCUT2D eigenvalue weighted by Gasteiger charge is 2.29. The first-order chi connectivity index (χ1) is 17.1. The van der Waals surface area contributed by atoms with Crippen LogP contribution in [0.1, 0.15) is 51.0 Å². The molecule has 196 valence electrons. The van der Waals surface area contributed by atoms with Gasteiger partial charge in [-0.15, -0.1) is 0 Å². The number of amides is 2. The van der Waals surface area contributed by atoms with Crippen molar-refractivity contribution in [3.8, 4) is 0 Å². The summed E-state index contributed by atoms with van der Waals surface area (Å²) in [5.41, 5.74) is 1.18. The van der Waals surface area contributed by atoms with Gasteiger partial charge in [-0.05, 0) is 49.9 Å². The monoisotopic (exact) mass is 553 g/mol. The van der Waals surface area contributed by atoms with Crippen LogP contribution in [0.15, 0.2) is 48.5 Å². The number of hydrogen-bond donors (Lipinski definition) is 1. The summed E-state index contributed by atoms with van der Waals surface area (Å²) in [4.78, 5) is 27.9. The highest BCUT2D eigenvalue weighted by atomic mass is 35.5. The number of carbonyl (C=O) groups excluding carboxylic acids is 2. The Morgan fingerprint density at radius 2 is 1.75 bits per heavy atom. The van der Waals surface area contributed by atoms with Gasteiger partial charge in [0, 0.05) is 30.6 Å². The SMILES string of the molecule is CC(C(=O)NC1CCCC1)N(Cc1ccccc1)C(=O)CCCN(c1cc(Cl)ccc1Cl)S(C)(=O)=O. The molecule has 1 aliphatic rings. The third kappa shape index (κ3) is 7.85. The number of anilines is 1. The second kappa shape index (κ2) is 12.8. The molecule has 36 heavy (non-hydrogen) atoms. The second-order valence-electron chi connectivity index (χ2n) is 9.21. The molecular weight excluding hydrogens is 521 g/mol. The number of carbonyl (C=O) groups is 2. The zero-order valence-electron chi connectivity index (χ0n) is 20.6. The molecule has 2 amide bonds. The van der Waals surface area contributed by atoms with Crippen molar-refractivity contribution >= 4 is 50.7 Å². The largest absolute Gasteiger partial charge is 0.352 e. The molecule has 0 radical (unpaired) electrons. The minimum absolute atomic E-state index is 0.0481. The summed E-state index contributed by atoms with van der Waals surface area (Å²) in [7, 11) is -3.67. The highest BCUT2D eigenvalue weighted by Crippen LogP contribution is 2.31. The molecule has 1 fully saturated rings. The van der Waals surface area contributed by atoms with E-state index in [1.165, 1.54) is 12.1 Å². The molecule has 3 rings (SSSR count). The van der Waals surface area contributed by atoms with Crippen LogP contribution in [0, 0.1) is 0 Å². The van der Waals surface area contributed by atoms with E-state index in [0.29, 0.717) is 5.02 Å².